The number of halogens is 3. The van der Waals surface area contributed by atoms with Gasteiger partial charge >= 0.3 is 0 Å². The van der Waals surface area contributed by atoms with E-state index >= 15 is 0 Å². The number of carbonyl (C=O) groups excluding carboxylic acids is 1. The summed E-state index contributed by atoms with van der Waals surface area (Å²) in [6.45, 7) is 4.57. The van der Waals surface area contributed by atoms with Gasteiger partial charge in [0, 0.05) is 17.4 Å². The second-order valence-corrected chi connectivity index (χ2v) is 5.86. The first-order valence-electron chi connectivity index (χ1n) is 5.77. The van der Waals surface area contributed by atoms with Crippen LogP contribution >= 0.6 is 15.9 Å². The van der Waals surface area contributed by atoms with Crippen molar-refractivity contribution >= 4 is 21.8 Å². The minimum Gasteiger partial charge on any atom is -0.351 e. The summed E-state index contributed by atoms with van der Waals surface area (Å²) in [5, 5.41) is 2.62. The first-order valence-corrected chi connectivity index (χ1v) is 6.69. The third kappa shape index (κ3) is 4.72. The van der Waals surface area contributed by atoms with E-state index < -0.39 is 17.5 Å². The zero-order valence-electron chi connectivity index (χ0n) is 10.3. The first-order chi connectivity index (χ1) is 8.40. The molecule has 100 valence electrons. The highest BCUT2D eigenvalue weighted by molar-refractivity contribution is 9.09. The Kier molecular flexibility index (Phi) is 5.72. The van der Waals surface area contributed by atoms with Gasteiger partial charge in [0.15, 0.2) is 0 Å². The van der Waals surface area contributed by atoms with Crippen molar-refractivity contribution in [3.05, 3.63) is 35.4 Å². The molecule has 1 amide bonds. The van der Waals surface area contributed by atoms with E-state index in [1.165, 1.54) is 0 Å². The van der Waals surface area contributed by atoms with E-state index in [1.54, 1.807) is 0 Å². The van der Waals surface area contributed by atoms with Gasteiger partial charge in [-0.15, -0.1) is 0 Å². The number of hydrogen-bond donors (Lipinski definition) is 1. The molecule has 18 heavy (non-hydrogen) atoms. The Hall–Kier alpha value is -0.970. The zero-order valence-corrected chi connectivity index (χ0v) is 11.9. The minimum atomic E-state index is -0.845. The van der Waals surface area contributed by atoms with E-state index in [0.717, 1.165) is 18.6 Å². The Bertz CT molecular complexity index is 423. The van der Waals surface area contributed by atoms with E-state index in [-0.39, 0.29) is 10.4 Å². The van der Waals surface area contributed by atoms with Crippen LogP contribution in [0.4, 0.5) is 8.78 Å². The maximum atomic E-state index is 13.3. The van der Waals surface area contributed by atoms with Crippen molar-refractivity contribution in [3.63, 3.8) is 0 Å². The highest BCUT2D eigenvalue weighted by atomic mass is 79.9. The fraction of sp³-hybridized carbons (Fsp3) is 0.462. The molecule has 0 heterocycles. The summed E-state index contributed by atoms with van der Waals surface area (Å²) in [6, 6.07) is 2.91. The minimum absolute atomic E-state index is 0.138. The SMILES string of the molecule is CC(C)CC(Br)CNC(=O)c1ccc(F)cc1F. The smallest absolute Gasteiger partial charge is 0.254 e. The van der Waals surface area contributed by atoms with Crippen LogP contribution in [0.3, 0.4) is 0 Å². The topological polar surface area (TPSA) is 29.1 Å². The summed E-state index contributed by atoms with van der Waals surface area (Å²) in [6.07, 6.45) is 0.909. The molecule has 1 atom stereocenters. The van der Waals surface area contributed by atoms with E-state index in [2.05, 4.69) is 35.1 Å². The fourth-order valence-corrected chi connectivity index (χ4v) is 2.48. The van der Waals surface area contributed by atoms with E-state index in [1.807, 2.05) is 0 Å². The Morgan fingerprint density at radius 3 is 2.61 bits per heavy atom. The molecule has 0 saturated heterocycles. The quantitative estimate of drug-likeness (QED) is 0.827. The molecule has 0 aliphatic heterocycles. The van der Waals surface area contributed by atoms with Gasteiger partial charge in [0.1, 0.15) is 11.6 Å². The van der Waals surface area contributed by atoms with Crippen LogP contribution in [0, 0.1) is 17.6 Å². The lowest BCUT2D eigenvalue weighted by molar-refractivity contribution is 0.0949. The number of benzene rings is 1. The van der Waals surface area contributed by atoms with E-state index in [9.17, 15) is 13.6 Å². The Morgan fingerprint density at radius 1 is 1.39 bits per heavy atom. The molecule has 0 saturated carbocycles. The molecule has 0 bridgehead atoms. The molecule has 1 N–H and O–H groups in total. The summed E-state index contributed by atoms with van der Waals surface area (Å²) < 4.78 is 26.0. The molecular weight excluding hydrogens is 304 g/mol. The van der Waals surface area contributed by atoms with Gasteiger partial charge in [-0.1, -0.05) is 29.8 Å². The number of alkyl halides is 1. The second-order valence-electron chi connectivity index (χ2n) is 4.56. The third-order valence-electron chi connectivity index (χ3n) is 2.39. The average molecular weight is 320 g/mol. The van der Waals surface area contributed by atoms with Gasteiger partial charge in [0.25, 0.3) is 5.91 Å². The Labute approximate surface area is 114 Å². The van der Waals surface area contributed by atoms with Crippen LogP contribution in [-0.2, 0) is 0 Å². The zero-order chi connectivity index (χ0) is 13.7. The van der Waals surface area contributed by atoms with Gasteiger partial charge in [0.2, 0.25) is 0 Å². The molecule has 1 aromatic carbocycles. The molecule has 1 aromatic rings. The number of hydrogen-bond acceptors (Lipinski definition) is 1. The number of amides is 1. The predicted molar refractivity (Wildman–Crippen MR) is 70.9 cm³/mol. The van der Waals surface area contributed by atoms with Crippen molar-refractivity contribution in [3.8, 4) is 0 Å². The van der Waals surface area contributed by atoms with Crippen LogP contribution < -0.4 is 5.32 Å². The highest BCUT2D eigenvalue weighted by Gasteiger charge is 2.14. The molecule has 0 spiro atoms. The largest absolute Gasteiger partial charge is 0.351 e. The van der Waals surface area contributed by atoms with Gasteiger partial charge in [0.05, 0.1) is 5.56 Å². The highest BCUT2D eigenvalue weighted by Crippen LogP contribution is 2.13. The lowest BCUT2D eigenvalue weighted by atomic mass is 10.1. The molecular formula is C13H16BrF2NO. The van der Waals surface area contributed by atoms with Gasteiger partial charge in [-0.05, 0) is 24.5 Å². The molecule has 1 unspecified atom stereocenters. The Balaban J connectivity index is 2.55. The second kappa shape index (κ2) is 6.83. The molecule has 1 rings (SSSR count). The van der Waals surface area contributed by atoms with Crippen LogP contribution in [-0.4, -0.2) is 17.3 Å². The fourth-order valence-electron chi connectivity index (χ4n) is 1.57. The summed E-state index contributed by atoms with van der Waals surface area (Å²) in [7, 11) is 0. The summed E-state index contributed by atoms with van der Waals surface area (Å²) in [5.74, 6) is -1.56. The van der Waals surface area contributed by atoms with Gasteiger partial charge in [-0.2, -0.15) is 0 Å². The summed E-state index contributed by atoms with van der Waals surface area (Å²) in [5.41, 5.74) is -0.138. The van der Waals surface area contributed by atoms with E-state index in [0.29, 0.717) is 18.5 Å². The third-order valence-corrected chi connectivity index (χ3v) is 3.08. The number of rotatable bonds is 5. The lowest BCUT2D eigenvalue weighted by Crippen LogP contribution is -2.30. The molecule has 5 heteroatoms. The molecule has 0 fully saturated rings. The number of nitrogens with one attached hydrogen (secondary N) is 1. The van der Waals surface area contributed by atoms with Crippen molar-refractivity contribution in [1.29, 1.82) is 0 Å². The monoisotopic (exact) mass is 319 g/mol. The van der Waals surface area contributed by atoms with E-state index in [4.69, 9.17) is 0 Å². The van der Waals surface area contributed by atoms with Crippen molar-refractivity contribution in [2.45, 2.75) is 25.1 Å². The maximum absolute atomic E-state index is 13.3. The summed E-state index contributed by atoms with van der Waals surface area (Å²) >= 11 is 3.44. The maximum Gasteiger partial charge on any atom is 0.254 e. The van der Waals surface area contributed by atoms with Crippen molar-refractivity contribution in [2.75, 3.05) is 6.54 Å². The van der Waals surface area contributed by atoms with Crippen LogP contribution in [0.1, 0.15) is 30.6 Å². The molecule has 2 nitrogen and oxygen atoms in total. The molecule has 0 aliphatic carbocycles. The van der Waals surface area contributed by atoms with Crippen LogP contribution in [0.5, 0.6) is 0 Å². The standard InChI is InChI=1S/C13H16BrF2NO/c1-8(2)5-9(14)7-17-13(18)11-4-3-10(15)6-12(11)16/h3-4,6,8-9H,5,7H2,1-2H3,(H,17,18). The van der Waals surface area contributed by atoms with Crippen molar-refractivity contribution < 1.29 is 13.6 Å². The average Bonchev–Trinajstić information content (AvgIpc) is 2.25. The van der Waals surface area contributed by atoms with Gasteiger partial charge < -0.3 is 5.32 Å². The van der Waals surface area contributed by atoms with Crippen molar-refractivity contribution in [2.24, 2.45) is 5.92 Å². The molecule has 0 radical (unpaired) electrons. The summed E-state index contributed by atoms with van der Waals surface area (Å²) in [4.78, 5) is 11.8. The van der Waals surface area contributed by atoms with Crippen LogP contribution in [0.15, 0.2) is 18.2 Å². The van der Waals surface area contributed by atoms with Crippen LogP contribution in [0.2, 0.25) is 0 Å². The number of carbonyl (C=O) groups is 1. The molecule has 0 aliphatic rings. The van der Waals surface area contributed by atoms with Gasteiger partial charge in [-0.25, -0.2) is 8.78 Å². The van der Waals surface area contributed by atoms with Crippen LogP contribution in [0.25, 0.3) is 0 Å². The lowest BCUT2D eigenvalue weighted by Gasteiger charge is -2.13. The normalized spacial score (nSPS) is 12.6. The molecule has 0 aromatic heterocycles. The van der Waals surface area contributed by atoms with Crippen molar-refractivity contribution in [1.82, 2.24) is 5.32 Å². The predicted octanol–water partition coefficient (Wildman–Crippen LogP) is 3.50. The van der Waals surface area contributed by atoms with Gasteiger partial charge in [-0.3, -0.25) is 4.79 Å². The first kappa shape index (κ1) is 15.1. The Morgan fingerprint density at radius 2 is 2.06 bits per heavy atom.